The lowest BCUT2D eigenvalue weighted by molar-refractivity contribution is -0.192. The molecule has 0 bridgehead atoms. The lowest BCUT2D eigenvalue weighted by Gasteiger charge is -2.13. The highest BCUT2D eigenvalue weighted by Gasteiger charge is 2.38. The van der Waals surface area contributed by atoms with Gasteiger partial charge in [-0.15, -0.1) is 0 Å². The van der Waals surface area contributed by atoms with Gasteiger partial charge in [-0.05, 0) is 26.0 Å². The van der Waals surface area contributed by atoms with Crippen LogP contribution in [0.4, 0.5) is 13.2 Å². The van der Waals surface area contributed by atoms with Crippen molar-refractivity contribution in [3.05, 3.63) is 52.0 Å². The van der Waals surface area contributed by atoms with E-state index in [4.69, 9.17) is 20.7 Å². The molecular weight excluding hydrogens is 435 g/mol. The highest BCUT2D eigenvalue weighted by molar-refractivity contribution is 5.76. The van der Waals surface area contributed by atoms with Gasteiger partial charge in [0.1, 0.15) is 17.4 Å². The van der Waals surface area contributed by atoms with Crippen molar-refractivity contribution in [2.24, 2.45) is 12.8 Å². The Labute approximate surface area is 178 Å². The second-order valence-electron chi connectivity index (χ2n) is 6.81. The Balaban J connectivity index is 0.000000451. The maximum Gasteiger partial charge on any atom is 0.490 e. The summed E-state index contributed by atoms with van der Waals surface area (Å²) in [6, 6.07) is 2.48. The molecule has 0 saturated heterocycles. The second kappa shape index (κ2) is 9.18. The van der Waals surface area contributed by atoms with Crippen LogP contribution in [0.5, 0.6) is 0 Å². The molecule has 4 N–H and O–H groups in total. The fourth-order valence-electron chi connectivity index (χ4n) is 2.76. The van der Waals surface area contributed by atoms with E-state index in [0.717, 1.165) is 11.4 Å². The van der Waals surface area contributed by atoms with Crippen molar-refractivity contribution in [2.45, 2.75) is 32.5 Å². The van der Waals surface area contributed by atoms with Crippen LogP contribution in [0, 0.1) is 13.8 Å². The summed E-state index contributed by atoms with van der Waals surface area (Å²) in [5, 5.41) is 16.1. The Morgan fingerprint density at radius 2 is 1.81 bits per heavy atom. The molecule has 32 heavy (non-hydrogen) atoms. The number of hydrogen-bond acceptors (Lipinski definition) is 6. The molecule has 10 nitrogen and oxygen atoms in total. The van der Waals surface area contributed by atoms with Gasteiger partial charge >= 0.3 is 18.1 Å². The number of aliphatic carboxylic acids is 2. The van der Waals surface area contributed by atoms with Crippen LogP contribution in [0.2, 0.25) is 0 Å². The number of aryl methyl sites for hydroxylation is 1. The average molecular weight is 455 g/mol. The number of fused-ring (bicyclic) bond motifs is 1. The summed E-state index contributed by atoms with van der Waals surface area (Å²) in [7, 11) is 1.71. The van der Waals surface area contributed by atoms with E-state index >= 15 is 0 Å². The van der Waals surface area contributed by atoms with Crippen molar-refractivity contribution in [3.8, 4) is 11.3 Å². The zero-order valence-electron chi connectivity index (χ0n) is 17.2. The van der Waals surface area contributed by atoms with Crippen molar-refractivity contribution in [2.75, 3.05) is 0 Å². The van der Waals surface area contributed by atoms with Gasteiger partial charge in [-0.2, -0.15) is 13.2 Å². The van der Waals surface area contributed by atoms with Gasteiger partial charge < -0.3 is 24.9 Å². The number of carboxylic acid groups (broad SMARTS) is 2. The van der Waals surface area contributed by atoms with Gasteiger partial charge in [0.05, 0.1) is 5.69 Å². The molecule has 13 heteroatoms. The molecule has 0 amide bonds. The van der Waals surface area contributed by atoms with Gasteiger partial charge in [-0.1, -0.05) is 0 Å². The molecule has 0 fully saturated rings. The number of pyridine rings is 1. The monoisotopic (exact) mass is 455 g/mol. The zero-order chi connectivity index (χ0) is 24.4. The zero-order valence-corrected chi connectivity index (χ0v) is 17.2. The van der Waals surface area contributed by atoms with Crippen LogP contribution in [0.1, 0.15) is 17.1 Å². The predicted molar refractivity (Wildman–Crippen MR) is 106 cm³/mol. The molecule has 1 atom stereocenters. The van der Waals surface area contributed by atoms with Crippen LogP contribution >= 0.6 is 0 Å². The van der Waals surface area contributed by atoms with E-state index in [1.807, 2.05) is 13.8 Å². The normalized spacial score (nSPS) is 12.2. The van der Waals surface area contributed by atoms with E-state index in [9.17, 15) is 22.8 Å². The lowest BCUT2D eigenvalue weighted by atomic mass is 10.1. The molecule has 0 aliphatic carbocycles. The molecule has 3 aromatic rings. The van der Waals surface area contributed by atoms with Crippen molar-refractivity contribution in [1.29, 1.82) is 0 Å². The lowest BCUT2D eigenvalue weighted by Crippen LogP contribution is -2.32. The number of rotatable bonds is 4. The third-order valence-corrected chi connectivity index (χ3v) is 4.69. The number of nitrogens with zero attached hydrogens (tertiary/aromatic N) is 4. The highest BCUT2D eigenvalue weighted by Crippen LogP contribution is 2.22. The van der Waals surface area contributed by atoms with Gasteiger partial charge in [0, 0.05) is 42.8 Å². The van der Waals surface area contributed by atoms with E-state index in [1.54, 1.807) is 40.5 Å². The quantitative estimate of drug-likeness (QED) is 0.532. The van der Waals surface area contributed by atoms with Crippen molar-refractivity contribution >= 4 is 17.6 Å². The molecule has 0 aliphatic heterocycles. The minimum absolute atomic E-state index is 0.154. The van der Waals surface area contributed by atoms with Crippen LogP contribution in [-0.4, -0.2) is 53.3 Å². The summed E-state index contributed by atoms with van der Waals surface area (Å²) in [6.07, 6.45) is -1.62. The summed E-state index contributed by atoms with van der Waals surface area (Å²) >= 11 is 0. The number of carbonyl (C=O) groups is 2. The Bertz CT molecular complexity index is 1230. The fraction of sp³-hybridized carbons (Fsp3) is 0.316. The van der Waals surface area contributed by atoms with Crippen molar-refractivity contribution in [3.63, 3.8) is 0 Å². The molecule has 3 aromatic heterocycles. The smallest absolute Gasteiger partial charge is 0.480 e. The maximum atomic E-state index is 12.6. The summed E-state index contributed by atoms with van der Waals surface area (Å²) in [6.45, 7) is 3.69. The first-order chi connectivity index (χ1) is 14.8. The topological polar surface area (TPSA) is 153 Å². The van der Waals surface area contributed by atoms with Crippen LogP contribution in [0.3, 0.4) is 0 Å². The highest BCUT2D eigenvalue weighted by atomic mass is 19.4. The molecule has 0 aromatic carbocycles. The predicted octanol–water partition coefficient (Wildman–Crippen LogP) is 1.30. The fourth-order valence-corrected chi connectivity index (χ4v) is 2.76. The SMILES string of the molecule is Cc1nc(-c2ccc(C[C@H](N)C(=O)O)n3ccnc23)c(=O)n(C)c1C.O=C(O)C(F)(F)F. The van der Waals surface area contributed by atoms with E-state index in [0.29, 0.717) is 22.6 Å². The molecular formula is C19H20F3N5O5. The first-order valence-electron chi connectivity index (χ1n) is 9.03. The van der Waals surface area contributed by atoms with E-state index < -0.39 is 24.2 Å². The number of alkyl halides is 3. The minimum Gasteiger partial charge on any atom is -0.480 e. The van der Waals surface area contributed by atoms with Gasteiger partial charge in [0.2, 0.25) is 0 Å². The first kappa shape index (κ1) is 24.5. The number of aromatic nitrogens is 4. The van der Waals surface area contributed by atoms with E-state index in [2.05, 4.69) is 9.97 Å². The average Bonchev–Trinajstić information content (AvgIpc) is 3.19. The number of imidazole rings is 1. The summed E-state index contributed by atoms with van der Waals surface area (Å²) in [4.78, 5) is 41.3. The van der Waals surface area contributed by atoms with Gasteiger partial charge in [-0.25, -0.2) is 14.8 Å². The Hall–Kier alpha value is -3.74. The molecule has 0 aliphatic rings. The third-order valence-electron chi connectivity index (χ3n) is 4.69. The molecule has 0 spiro atoms. The van der Waals surface area contributed by atoms with Crippen molar-refractivity contribution < 1.29 is 33.0 Å². The largest absolute Gasteiger partial charge is 0.490 e. The number of carboxylic acids is 2. The molecule has 0 saturated carbocycles. The number of hydrogen-bond donors (Lipinski definition) is 3. The van der Waals surface area contributed by atoms with Gasteiger partial charge in [-0.3, -0.25) is 9.59 Å². The summed E-state index contributed by atoms with van der Waals surface area (Å²) < 4.78 is 35.0. The van der Waals surface area contributed by atoms with Crippen LogP contribution in [0.15, 0.2) is 29.3 Å². The first-order valence-corrected chi connectivity index (χ1v) is 9.03. The standard InChI is InChI=1S/C17H19N5O3.C2HF3O2/c1-9-10(2)21(3)16(23)14(20-9)12-5-4-11(8-13(18)17(24)25)22-7-6-19-15(12)22;3-2(4,5)1(6)7/h4-7,13H,8,18H2,1-3H3,(H,24,25);(H,6,7)/t13-;/m0./s1. The molecule has 3 heterocycles. The number of halogens is 3. The number of nitrogens with two attached hydrogens (primary N) is 1. The minimum atomic E-state index is -5.08. The second-order valence-corrected chi connectivity index (χ2v) is 6.81. The summed E-state index contributed by atoms with van der Waals surface area (Å²) in [5.41, 5.74) is 9.16. The van der Waals surface area contributed by atoms with Crippen LogP contribution < -0.4 is 11.3 Å². The van der Waals surface area contributed by atoms with E-state index in [1.165, 1.54) is 0 Å². The Morgan fingerprint density at radius 3 is 2.34 bits per heavy atom. The molecule has 0 radical (unpaired) electrons. The van der Waals surface area contributed by atoms with Crippen LogP contribution in [-0.2, 0) is 23.1 Å². The van der Waals surface area contributed by atoms with Crippen molar-refractivity contribution in [1.82, 2.24) is 18.9 Å². The summed E-state index contributed by atoms with van der Waals surface area (Å²) in [5.74, 6) is -3.82. The van der Waals surface area contributed by atoms with E-state index in [-0.39, 0.29) is 12.0 Å². The van der Waals surface area contributed by atoms with Gasteiger partial charge in [0.25, 0.3) is 5.56 Å². The maximum absolute atomic E-state index is 12.6. The molecule has 3 rings (SSSR count). The Kier molecular flexibility index (Phi) is 7.03. The Morgan fingerprint density at radius 1 is 1.22 bits per heavy atom. The van der Waals surface area contributed by atoms with Crippen LogP contribution in [0.25, 0.3) is 16.9 Å². The third kappa shape index (κ3) is 5.11. The van der Waals surface area contributed by atoms with Gasteiger partial charge in [0.15, 0.2) is 0 Å². The molecule has 172 valence electrons. The molecule has 0 unspecified atom stereocenters.